The van der Waals surface area contributed by atoms with Gasteiger partial charge in [-0.15, -0.1) is 10.2 Å². The summed E-state index contributed by atoms with van der Waals surface area (Å²) in [4.78, 5) is 26.6. The fraction of sp³-hybridized carbons (Fsp3) is 0.182. The fourth-order valence-electron chi connectivity index (χ4n) is 1.98. The Morgan fingerprint density at radius 1 is 1.21 bits per heavy atom. The predicted octanol–water partition coefficient (Wildman–Crippen LogP) is -0.412. The van der Waals surface area contributed by atoms with E-state index in [1.807, 2.05) is 0 Å². The Labute approximate surface area is 107 Å². The van der Waals surface area contributed by atoms with Crippen molar-refractivity contribution in [2.45, 2.75) is 6.54 Å². The molecule has 1 aromatic heterocycles. The number of tetrazole rings is 1. The number of hydrogen-bond donors (Lipinski definition) is 1. The number of aryl methyl sites for hydroxylation is 1. The molecule has 8 nitrogen and oxygen atoms in total. The Hall–Kier alpha value is -2.77. The molecule has 0 aliphatic carbocycles. The lowest BCUT2D eigenvalue weighted by Gasteiger charge is -2.10. The maximum atomic E-state index is 12.1. The fourth-order valence-corrected chi connectivity index (χ4v) is 1.98. The van der Waals surface area contributed by atoms with Crippen LogP contribution in [0, 0.1) is 0 Å². The Kier molecular flexibility index (Phi) is 2.31. The van der Waals surface area contributed by atoms with Crippen LogP contribution in [0.5, 0.6) is 0 Å². The van der Waals surface area contributed by atoms with E-state index in [2.05, 4.69) is 15.4 Å². The average Bonchev–Trinajstić information content (AvgIpc) is 2.88. The molecule has 0 spiro atoms. The van der Waals surface area contributed by atoms with Crippen LogP contribution in [0.3, 0.4) is 0 Å². The van der Waals surface area contributed by atoms with E-state index >= 15 is 0 Å². The molecule has 1 aliphatic rings. The van der Waals surface area contributed by atoms with Crippen molar-refractivity contribution in [3.8, 4) is 0 Å². The van der Waals surface area contributed by atoms with Gasteiger partial charge in [0.25, 0.3) is 11.8 Å². The summed E-state index contributed by atoms with van der Waals surface area (Å²) in [5, 5.41) is 11.4. The standard InChI is InChI=1S/C11H10N6O2/c1-16-14-9(13-15-16)5-17-10(18)7-3-2-6(12)4-8(7)11(17)19/h2-4H,5,12H2,1H3. The lowest BCUT2D eigenvalue weighted by molar-refractivity contribution is 0.0638. The number of fused-ring (bicyclic) bond motifs is 1. The number of benzene rings is 1. The third-order valence-corrected chi connectivity index (χ3v) is 2.84. The summed E-state index contributed by atoms with van der Waals surface area (Å²) >= 11 is 0. The molecule has 1 aromatic carbocycles. The molecule has 2 N–H and O–H groups in total. The summed E-state index contributed by atoms with van der Waals surface area (Å²) in [5.74, 6) is -0.447. The van der Waals surface area contributed by atoms with Gasteiger partial charge in [-0.2, -0.15) is 4.80 Å². The maximum Gasteiger partial charge on any atom is 0.262 e. The summed E-state index contributed by atoms with van der Waals surface area (Å²) in [6, 6.07) is 4.64. The molecular formula is C11H10N6O2. The first-order chi connectivity index (χ1) is 9.06. The second-order valence-corrected chi connectivity index (χ2v) is 4.20. The summed E-state index contributed by atoms with van der Waals surface area (Å²) < 4.78 is 0. The minimum atomic E-state index is -0.389. The van der Waals surface area contributed by atoms with Gasteiger partial charge in [0.05, 0.1) is 24.7 Å². The second kappa shape index (κ2) is 3.87. The molecular weight excluding hydrogens is 248 g/mol. The van der Waals surface area contributed by atoms with Gasteiger partial charge in [0.2, 0.25) is 0 Å². The van der Waals surface area contributed by atoms with E-state index in [0.29, 0.717) is 22.6 Å². The zero-order valence-electron chi connectivity index (χ0n) is 10.1. The SMILES string of the molecule is Cn1nnc(CN2C(=O)c3ccc(N)cc3C2=O)n1. The Balaban J connectivity index is 1.94. The second-order valence-electron chi connectivity index (χ2n) is 4.20. The monoisotopic (exact) mass is 258 g/mol. The smallest absolute Gasteiger partial charge is 0.262 e. The number of nitrogen functional groups attached to an aromatic ring is 1. The number of rotatable bonds is 2. The molecule has 2 aromatic rings. The minimum absolute atomic E-state index is 0.0000907. The first-order valence-corrected chi connectivity index (χ1v) is 5.55. The van der Waals surface area contributed by atoms with Gasteiger partial charge >= 0.3 is 0 Å². The van der Waals surface area contributed by atoms with Gasteiger partial charge in [0.1, 0.15) is 0 Å². The zero-order valence-corrected chi connectivity index (χ0v) is 10.1. The molecule has 2 heterocycles. The summed E-state index contributed by atoms with van der Waals surface area (Å²) in [6.07, 6.45) is 0. The molecule has 0 bridgehead atoms. The highest BCUT2D eigenvalue weighted by atomic mass is 16.2. The van der Waals surface area contributed by atoms with Crippen molar-refractivity contribution < 1.29 is 9.59 Å². The summed E-state index contributed by atoms with van der Waals surface area (Å²) in [6.45, 7) is 0.0000907. The third kappa shape index (κ3) is 1.73. The normalized spacial score (nSPS) is 14.1. The zero-order chi connectivity index (χ0) is 13.6. The van der Waals surface area contributed by atoms with Crippen molar-refractivity contribution >= 4 is 17.5 Å². The quantitative estimate of drug-likeness (QED) is 0.579. The number of anilines is 1. The molecule has 0 saturated heterocycles. The Bertz CT molecular complexity index is 692. The highest BCUT2D eigenvalue weighted by Gasteiger charge is 2.36. The lowest BCUT2D eigenvalue weighted by atomic mass is 10.1. The molecule has 0 radical (unpaired) electrons. The van der Waals surface area contributed by atoms with Crippen molar-refractivity contribution in [3.63, 3.8) is 0 Å². The first-order valence-electron chi connectivity index (χ1n) is 5.55. The molecule has 0 unspecified atom stereocenters. The van der Waals surface area contributed by atoms with Crippen molar-refractivity contribution in [2.75, 3.05) is 5.73 Å². The van der Waals surface area contributed by atoms with Crippen molar-refractivity contribution in [3.05, 3.63) is 35.2 Å². The first kappa shape index (κ1) is 11.3. The van der Waals surface area contributed by atoms with E-state index in [1.165, 1.54) is 10.9 Å². The van der Waals surface area contributed by atoms with Crippen LogP contribution in [0.2, 0.25) is 0 Å². The van der Waals surface area contributed by atoms with Crippen LogP contribution in [0.4, 0.5) is 5.69 Å². The lowest BCUT2D eigenvalue weighted by Crippen LogP contribution is -2.29. The van der Waals surface area contributed by atoms with Crippen LogP contribution in [-0.2, 0) is 13.6 Å². The number of nitrogens with zero attached hydrogens (tertiary/aromatic N) is 5. The van der Waals surface area contributed by atoms with Crippen LogP contribution >= 0.6 is 0 Å². The molecule has 0 saturated carbocycles. The van der Waals surface area contributed by atoms with Crippen molar-refractivity contribution in [2.24, 2.45) is 7.05 Å². The van der Waals surface area contributed by atoms with E-state index in [0.717, 1.165) is 4.90 Å². The van der Waals surface area contributed by atoms with E-state index in [1.54, 1.807) is 19.2 Å². The number of imide groups is 1. The molecule has 2 amide bonds. The van der Waals surface area contributed by atoms with Crippen molar-refractivity contribution in [1.29, 1.82) is 0 Å². The molecule has 0 atom stereocenters. The molecule has 1 aliphatic heterocycles. The summed E-state index contributed by atoms with van der Waals surface area (Å²) in [7, 11) is 1.61. The largest absolute Gasteiger partial charge is 0.399 e. The van der Waals surface area contributed by atoms with Crippen LogP contribution in [0.25, 0.3) is 0 Å². The van der Waals surface area contributed by atoms with E-state index in [4.69, 9.17) is 5.73 Å². The summed E-state index contributed by atoms with van der Waals surface area (Å²) in [5.41, 5.74) is 6.73. The van der Waals surface area contributed by atoms with Gasteiger partial charge in [-0.1, -0.05) is 0 Å². The van der Waals surface area contributed by atoms with Crippen LogP contribution < -0.4 is 5.73 Å². The molecule has 0 fully saturated rings. The molecule has 96 valence electrons. The molecule has 19 heavy (non-hydrogen) atoms. The number of aromatic nitrogens is 4. The number of carbonyl (C=O) groups is 2. The van der Waals surface area contributed by atoms with Crippen LogP contribution in [0.15, 0.2) is 18.2 Å². The van der Waals surface area contributed by atoms with E-state index < -0.39 is 0 Å². The highest BCUT2D eigenvalue weighted by Crippen LogP contribution is 2.25. The molecule has 3 rings (SSSR count). The van der Waals surface area contributed by atoms with Crippen LogP contribution in [-0.4, -0.2) is 36.9 Å². The van der Waals surface area contributed by atoms with Crippen LogP contribution in [0.1, 0.15) is 26.5 Å². The molecule has 8 heteroatoms. The maximum absolute atomic E-state index is 12.1. The predicted molar refractivity (Wildman–Crippen MR) is 63.9 cm³/mol. The van der Waals surface area contributed by atoms with Gasteiger partial charge in [-0.05, 0) is 23.4 Å². The van der Waals surface area contributed by atoms with Gasteiger partial charge in [-0.25, -0.2) is 0 Å². The average molecular weight is 258 g/mol. The van der Waals surface area contributed by atoms with Gasteiger partial charge < -0.3 is 5.73 Å². The number of amides is 2. The van der Waals surface area contributed by atoms with E-state index in [9.17, 15) is 9.59 Å². The Morgan fingerprint density at radius 3 is 2.63 bits per heavy atom. The van der Waals surface area contributed by atoms with E-state index in [-0.39, 0.29) is 18.4 Å². The topological polar surface area (TPSA) is 107 Å². The van der Waals surface area contributed by atoms with Gasteiger partial charge in [-0.3, -0.25) is 14.5 Å². The minimum Gasteiger partial charge on any atom is -0.399 e. The third-order valence-electron chi connectivity index (χ3n) is 2.84. The number of nitrogens with two attached hydrogens (primary N) is 1. The van der Waals surface area contributed by atoms with Gasteiger partial charge in [0, 0.05) is 5.69 Å². The van der Waals surface area contributed by atoms with Gasteiger partial charge in [0.15, 0.2) is 5.82 Å². The number of carbonyl (C=O) groups excluding carboxylic acids is 2. The Morgan fingerprint density at radius 2 is 1.95 bits per heavy atom. The number of hydrogen-bond acceptors (Lipinski definition) is 6. The highest BCUT2D eigenvalue weighted by molar-refractivity contribution is 6.21. The van der Waals surface area contributed by atoms with Crippen molar-refractivity contribution in [1.82, 2.24) is 25.1 Å².